The maximum absolute atomic E-state index is 5.25. The number of hydrogen-bond donors (Lipinski definition) is 1. The van der Waals surface area contributed by atoms with Gasteiger partial charge < -0.3 is 14.6 Å². The molecule has 1 unspecified atom stereocenters. The van der Waals surface area contributed by atoms with Gasteiger partial charge in [-0.15, -0.1) is 0 Å². The molecule has 0 fully saturated rings. The van der Waals surface area contributed by atoms with Gasteiger partial charge in [0.05, 0.1) is 24.7 Å². The Balaban J connectivity index is 2.70. The fourth-order valence-corrected chi connectivity index (χ4v) is 1.74. The van der Waals surface area contributed by atoms with Crippen molar-refractivity contribution in [2.24, 2.45) is 0 Å². The van der Waals surface area contributed by atoms with Gasteiger partial charge >= 0.3 is 0 Å². The summed E-state index contributed by atoms with van der Waals surface area (Å²) in [6, 6.07) is 0.374. The van der Waals surface area contributed by atoms with Gasteiger partial charge in [-0.1, -0.05) is 6.92 Å². The third-order valence-electron chi connectivity index (χ3n) is 2.77. The molecular weight excluding hydrogens is 214 g/mol. The molecule has 98 valence electrons. The van der Waals surface area contributed by atoms with E-state index < -0.39 is 0 Å². The zero-order valence-corrected chi connectivity index (χ0v) is 11.7. The highest BCUT2D eigenvalue weighted by Gasteiger charge is 2.14. The predicted molar refractivity (Wildman–Crippen MR) is 70.0 cm³/mol. The van der Waals surface area contributed by atoms with Crippen molar-refractivity contribution in [3.05, 3.63) is 18.2 Å². The number of imidazole rings is 1. The lowest BCUT2D eigenvalue weighted by Gasteiger charge is -2.23. The summed E-state index contributed by atoms with van der Waals surface area (Å²) in [5.74, 6) is 0. The van der Waals surface area contributed by atoms with Crippen molar-refractivity contribution < 1.29 is 4.74 Å². The maximum Gasteiger partial charge on any atom is 0.0952 e. The van der Waals surface area contributed by atoms with E-state index in [1.807, 2.05) is 12.5 Å². The molecule has 17 heavy (non-hydrogen) atoms. The summed E-state index contributed by atoms with van der Waals surface area (Å²) in [6.07, 6.45) is 4.87. The van der Waals surface area contributed by atoms with Crippen LogP contribution in [0.3, 0.4) is 0 Å². The minimum absolute atomic E-state index is 0.123. The molecule has 0 aliphatic carbocycles. The Morgan fingerprint density at radius 2 is 2.18 bits per heavy atom. The first-order valence-corrected chi connectivity index (χ1v) is 6.22. The first kappa shape index (κ1) is 14.2. The predicted octanol–water partition coefficient (Wildman–Crippen LogP) is 2.37. The van der Waals surface area contributed by atoms with Crippen LogP contribution in [0.1, 0.15) is 45.9 Å². The second kappa shape index (κ2) is 6.17. The SMILES string of the molecule is CCC(COC)n1cncc1CNC(C)(C)C. The standard InChI is InChI=1S/C13H25N3O/c1-6-11(9-17-5)16-10-14-7-12(16)8-15-13(2,3)4/h7,10-11,15H,6,8-9H2,1-5H3. The first-order chi connectivity index (χ1) is 7.98. The highest BCUT2D eigenvalue weighted by molar-refractivity contribution is 5.01. The van der Waals surface area contributed by atoms with Gasteiger partial charge in [0.2, 0.25) is 0 Å². The van der Waals surface area contributed by atoms with E-state index in [2.05, 4.69) is 42.6 Å². The Kier molecular flexibility index (Phi) is 5.15. The van der Waals surface area contributed by atoms with Crippen LogP contribution in [0.4, 0.5) is 0 Å². The lowest BCUT2D eigenvalue weighted by Crippen LogP contribution is -2.36. The van der Waals surface area contributed by atoms with Crippen LogP contribution in [-0.4, -0.2) is 28.8 Å². The van der Waals surface area contributed by atoms with E-state index in [4.69, 9.17) is 4.74 Å². The summed E-state index contributed by atoms with van der Waals surface area (Å²) in [7, 11) is 1.74. The number of methoxy groups -OCH3 is 1. The van der Waals surface area contributed by atoms with Gasteiger partial charge in [0, 0.05) is 25.4 Å². The second-order valence-corrected chi connectivity index (χ2v) is 5.41. The molecule has 0 aromatic carbocycles. The van der Waals surface area contributed by atoms with Gasteiger partial charge in [-0.2, -0.15) is 0 Å². The van der Waals surface area contributed by atoms with Crippen molar-refractivity contribution in [1.82, 2.24) is 14.9 Å². The molecule has 1 aromatic heterocycles. The van der Waals surface area contributed by atoms with Gasteiger partial charge in [0.25, 0.3) is 0 Å². The van der Waals surface area contributed by atoms with E-state index in [-0.39, 0.29) is 5.54 Å². The average molecular weight is 239 g/mol. The molecule has 0 amide bonds. The molecule has 0 radical (unpaired) electrons. The fraction of sp³-hybridized carbons (Fsp3) is 0.769. The van der Waals surface area contributed by atoms with Crippen molar-refractivity contribution in [3.63, 3.8) is 0 Å². The van der Waals surface area contributed by atoms with Crippen molar-refractivity contribution in [3.8, 4) is 0 Å². The van der Waals surface area contributed by atoms with Crippen LogP contribution in [0.5, 0.6) is 0 Å². The van der Waals surface area contributed by atoms with Crippen LogP contribution in [0.25, 0.3) is 0 Å². The number of ether oxygens (including phenoxy) is 1. The minimum Gasteiger partial charge on any atom is -0.383 e. The Bertz CT molecular complexity index is 328. The molecular formula is C13H25N3O. The lowest BCUT2D eigenvalue weighted by molar-refractivity contribution is 0.151. The normalized spacial score (nSPS) is 13.9. The number of nitrogens with zero attached hydrogens (tertiary/aromatic N) is 2. The average Bonchev–Trinajstić information content (AvgIpc) is 2.70. The van der Waals surface area contributed by atoms with Crippen LogP contribution >= 0.6 is 0 Å². The van der Waals surface area contributed by atoms with E-state index in [9.17, 15) is 0 Å². The first-order valence-electron chi connectivity index (χ1n) is 6.22. The Morgan fingerprint density at radius 3 is 2.71 bits per heavy atom. The number of rotatable bonds is 6. The number of nitrogens with one attached hydrogen (secondary N) is 1. The fourth-order valence-electron chi connectivity index (χ4n) is 1.74. The van der Waals surface area contributed by atoms with Gasteiger partial charge in [0.15, 0.2) is 0 Å². The number of hydrogen-bond acceptors (Lipinski definition) is 3. The van der Waals surface area contributed by atoms with E-state index in [0.29, 0.717) is 6.04 Å². The van der Waals surface area contributed by atoms with Crippen molar-refractivity contribution in [1.29, 1.82) is 0 Å². The lowest BCUT2D eigenvalue weighted by atomic mass is 10.1. The van der Waals surface area contributed by atoms with Gasteiger partial charge in [-0.3, -0.25) is 0 Å². The van der Waals surface area contributed by atoms with Gasteiger partial charge in [-0.05, 0) is 27.2 Å². The molecule has 1 N–H and O–H groups in total. The van der Waals surface area contributed by atoms with E-state index in [0.717, 1.165) is 19.6 Å². The quantitative estimate of drug-likeness (QED) is 0.828. The Labute approximate surface area is 104 Å². The molecule has 1 heterocycles. The number of aromatic nitrogens is 2. The summed E-state index contributed by atoms with van der Waals surface area (Å²) < 4.78 is 7.46. The summed E-state index contributed by atoms with van der Waals surface area (Å²) in [6.45, 7) is 10.2. The highest BCUT2D eigenvalue weighted by Crippen LogP contribution is 2.15. The van der Waals surface area contributed by atoms with E-state index >= 15 is 0 Å². The van der Waals surface area contributed by atoms with Gasteiger partial charge in [-0.25, -0.2) is 4.98 Å². The molecule has 0 saturated heterocycles. The van der Waals surface area contributed by atoms with Crippen molar-refractivity contribution >= 4 is 0 Å². The molecule has 0 aliphatic heterocycles. The summed E-state index contributed by atoms with van der Waals surface area (Å²) >= 11 is 0. The largest absolute Gasteiger partial charge is 0.383 e. The molecule has 0 bridgehead atoms. The molecule has 1 atom stereocenters. The molecule has 4 heteroatoms. The molecule has 4 nitrogen and oxygen atoms in total. The van der Waals surface area contributed by atoms with Crippen LogP contribution < -0.4 is 5.32 Å². The smallest absolute Gasteiger partial charge is 0.0952 e. The topological polar surface area (TPSA) is 39.1 Å². The molecule has 1 rings (SSSR count). The van der Waals surface area contributed by atoms with Crippen molar-refractivity contribution in [2.45, 2.75) is 52.2 Å². The zero-order chi connectivity index (χ0) is 12.9. The van der Waals surface area contributed by atoms with Crippen molar-refractivity contribution in [2.75, 3.05) is 13.7 Å². The minimum atomic E-state index is 0.123. The molecule has 1 aromatic rings. The van der Waals surface area contributed by atoms with Crippen LogP contribution in [-0.2, 0) is 11.3 Å². The summed E-state index contributed by atoms with van der Waals surface area (Å²) in [5.41, 5.74) is 1.33. The van der Waals surface area contributed by atoms with Crippen LogP contribution in [0.15, 0.2) is 12.5 Å². The zero-order valence-electron chi connectivity index (χ0n) is 11.7. The van der Waals surface area contributed by atoms with Crippen LogP contribution in [0.2, 0.25) is 0 Å². The van der Waals surface area contributed by atoms with E-state index in [1.54, 1.807) is 7.11 Å². The summed E-state index contributed by atoms with van der Waals surface area (Å²) in [4.78, 5) is 4.24. The molecule has 0 aliphatic rings. The second-order valence-electron chi connectivity index (χ2n) is 5.41. The third-order valence-corrected chi connectivity index (χ3v) is 2.77. The Morgan fingerprint density at radius 1 is 1.47 bits per heavy atom. The third kappa shape index (κ3) is 4.48. The highest BCUT2D eigenvalue weighted by atomic mass is 16.5. The van der Waals surface area contributed by atoms with Crippen LogP contribution in [0, 0.1) is 0 Å². The Hall–Kier alpha value is -0.870. The summed E-state index contributed by atoms with van der Waals surface area (Å²) in [5, 5.41) is 3.48. The molecule has 0 spiro atoms. The van der Waals surface area contributed by atoms with Gasteiger partial charge in [0.1, 0.15) is 0 Å². The van der Waals surface area contributed by atoms with E-state index in [1.165, 1.54) is 5.69 Å². The molecule has 0 saturated carbocycles. The monoisotopic (exact) mass is 239 g/mol. The maximum atomic E-state index is 5.25.